The summed E-state index contributed by atoms with van der Waals surface area (Å²) >= 11 is 1.62. The van der Waals surface area contributed by atoms with E-state index in [0.29, 0.717) is 22.8 Å². The smallest absolute Gasteiger partial charge is 0.339 e. The predicted molar refractivity (Wildman–Crippen MR) is 99.5 cm³/mol. The molecule has 1 aromatic carbocycles. The second kappa shape index (κ2) is 8.45. The summed E-state index contributed by atoms with van der Waals surface area (Å²) < 4.78 is 21.5. The fourth-order valence-corrected chi connectivity index (χ4v) is 3.96. The maximum absolute atomic E-state index is 12.5. The number of ether oxygens (including phenoxy) is 2. The molecule has 0 bridgehead atoms. The second-order valence-electron chi connectivity index (χ2n) is 6.18. The highest BCUT2D eigenvalue weighted by molar-refractivity contribution is 7.99. The van der Waals surface area contributed by atoms with Crippen LogP contribution in [0.4, 0.5) is 0 Å². The lowest BCUT2D eigenvalue weighted by atomic mass is 10.2. The van der Waals surface area contributed by atoms with Gasteiger partial charge in [0.05, 0.1) is 17.9 Å². The van der Waals surface area contributed by atoms with Crippen LogP contribution < -0.4 is 0 Å². The SMILES string of the molecule is O=C(OCc1cc(-c2ccco2)on1)c1ccccc1SC[C@H]1CCCO1. The normalized spacial score (nSPS) is 16.5. The highest BCUT2D eigenvalue weighted by atomic mass is 32.2. The summed E-state index contributed by atoms with van der Waals surface area (Å²) in [6, 6.07) is 12.7. The lowest BCUT2D eigenvalue weighted by Gasteiger charge is -2.11. The molecule has 3 aromatic rings. The van der Waals surface area contributed by atoms with Gasteiger partial charge in [-0.25, -0.2) is 4.79 Å². The highest BCUT2D eigenvalue weighted by Crippen LogP contribution is 2.27. The minimum absolute atomic E-state index is 0.0355. The number of hydrogen-bond acceptors (Lipinski definition) is 7. The molecule has 1 saturated heterocycles. The number of thioether (sulfide) groups is 1. The van der Waals surface area contributed by atoms with Gasteiger partial charge >= 0.3 is 5.97 Å². The number of furan rings is 1. The lowest BCUT2D eigenvalue weighted by Crippen LogP contribution is -2.10. The monoisotopic (exact) mass is 385 g/mol. The van der Waals surface area contributed by atoms with Crippen LogP contribution in [0.3, 0.4) is 0 Å². The van der Waals surface area contributed by atoms with Crippen LogP contribution in [0.25, 0.3) is 11.5 Å². The molecule has 1 fully saturated rings. The lowest BCUT2D eigenvalue weighted by molar-refractivity contribution is 0.0460. The molecular formula is C20H19NO5S. The van der Waals surface area contributed by atoms with Gasteiger partial charge in [-0.3, -0.25) is 0 Å². The fourth-order valence-electron chi connectivity index (χ4n) is 2.85. The van der Waals surface area contributed by atoms with E-state index >= 15 is 0 Å². The van der Waals surface area contributed by atoms with Gasteiger partial charge in [-0.05, 0) is 37.1 Å². The standard InChI is InChI=1S/C20H19NO5S/c22-20(25-12-14-11-18(26-21-14)17-7-4-10-24-17)16-6-1-2-8-19(16)27-13-15-5-3-9-23-15/h1-2,4,6-8,10-11,15H,3,5,9,12-13H2/t15-/m1/s1. The Kier molecular flexibility index (Phi) is 5.60. The topological polar surface area (TPSA) is 74.7 Å². The summed E-state index contributed by atoms with van der Waals surface area (Å²) in [6.07, 6.45) is 3.99. The molecule has 2 aromatic heterocycles. The van der Waals surface area contributed by atoms with Crippen molar-refractivity contribution < 1.29 is 23.2 Å². The molecule has 7 heteroatoms. The van der Waals surface area contributed by atoms with E-state index in [9.17, 15) is 4.79 Å². The first-order valence-electron chi connectivity index (χ1n) is 8.79. The summed E-state index contributed by atoms with van der Waals surface area (Å²) in [5.74, 6) is 1.53. The maximum Gasteiger partial charge on any atom is 0.339 e. The fraction of sp³-hybridized carbons (Fsp3) is 0.300. The van der Waals surface area contributed by atoms with Crippen molar-refractivity contribution in [2.24, 2.45) is 0 Å². The van der Waals surface area contributed by atoms with Gasteiger partial charge in [0.1, 0.15) is 12.3 Å². The molecule has 1 aliphatic rings. The molecule has 27 heavy (non-hydrogen) atoms. The van der Waals surface area contributed by atoms with E-state index in [1.807, 2.05) is 18.2 Å². The van der Waals surface area contributed by atoms with Gasteiger partial charge < -0.3 is 18.4 Å². The molecule has 1 aliphatic heterocycles. The number of nitrogens with zero attached hydrogens (tertiary/aromatic N) is 1. The van der Waals surface area contributed by atoms with E-state index in [4.69, 9.17) is 18.4 Å². The van der Waals surface area contributed by atoms with Crippen LogP contribution in [0.15, 0.2) is 62.6 Å². The van der Waals surface area contributed by atoms with E-state index < -0.39 is 0 Å². The van der Waals surface area contributed by atoms with Gasteiger partial charge in [0, 0.05) is 23.3 Å². The molecular weight excluding hydrogens is 366 g/mol. The average molecular weight is 385 g/mol. The largest absolute Gasteiger partial charge is 0.461 e. The number of carbonyl (C=O) groups is 1. The van der Waals surface area contributed by atoms with Crippen molar-refractivity contribution in [1.29, 1.82) is 0 Å². The minimum Gasteiger partial charge on any atom is -0.461 e. The van der Waals surface area contributed by atoms with Crippen LogP contribution in [-0.2, 0) is 16.1 Å². The van der Waals surface area contributed by atoms with E-state index in [-0.39, 0.29) is 18.7 Å². The zero-order valence-corrected chi connectivity index (χ0v) is 15.4. The van der Waals surface area contributed by atoms with Crippen LogP contribution in [-0.4, -0.2) is 29.6 Å². The highest BCUT2D eigenvalue weighted by Gasteiger charge is 2.19. The van der Waals surface area contributed by atoms with Crippen molar-refractivity contribution in [3.63, 3.8) is 0 Å². The first kappa shape index (κ1) is 17.9. The van der Waals surface area contributed by atoms with E-state index in [1.54, 1.807) is 42.3 Å². The Morgan fingerprint density at radius 1 is 1.22 bits per heavy atom. The molecule has 0 radical (unpaired) electrons. The summed E-state index contributed by atoms with van der Waals surface area (Å²) in [6.45, 7) is 0.861. The Balaban J connectivity index is 1.36. The van der Waals surface area contributed by atoms with Gasteiger partial charge in [0.25, 0.3) is 0 Å². The van der Waals surface area contributed by atoms with E-state index in [0.717, 1.165) is 30.1 Å². The Hall–Kier alpha value is -2.51. The predicted octanol–water partition coefficient (Wildman–Crippen LogP) is 4.56. The van der Waals surface area contributed by atoms with E-state index in [1.165, 1.54) is 0 Å². The van der Waals surface area contributed by atoms with Crippen molar-refractivity contribution in [3.8, 4) is 11.5 Å². The number of aromatic nitrogens is 1. The number of esters is 1. The quantitative estimate of drug-likeness (QED) is 0.436. The van der Waals surface area contributed by atoms with Crippen molar-refractivity contribution in [3.05, 3.63) is 60.0 Å². The second-order valence-corrected chi connectivity index (χ2v) is 7.24. The van der Waals surface area contributed by atoms with Crippen molar-refractivity contribution in [2.45, 2.75) is 30.4 Å². The van der Waals surface area contributed by atoms with Crippen molar-refractivity contribution >= 4 is 17.7 Å². The number of hydrogen-bond donors (Lipinski definition) is 0. The third-order valence-corrected chi connectivity index (χ3v) is 5.44. The first-order chi connectivity index (χ1) is 13.3. The molecule has 6 nitrogen and oxygen atoms in total. The molecule has 0 saturated carbocycles. The third kappa shape index (κ3) is 4.43. The summed E-state index contributed by atoms with van der Waals surface area (Å²) in [4.78, 5) is 13.4. The Morgan fingerprint density at radius 3 is 2.96 bits per heavy atom. The molecule has 3 heterocycles. The minimum atomic E-state index is -0.381. The Labute approximate surface area is 160 Å². The number of benzene rings is 1. The average Bonchev–Trinajstić information content (AvgIpc) is 3.47. The molecule has 0 N–H and O–H groups in total. The molecule has 0 spiro atoms. The van der Waals surface area contributed by atoms with Gasteiger partial charge in [-0.1, -0.05) is 17.3 Å². The van der Waals surface area contributed by atoms with Crippen LogP contribution >= 0.6 is 11.8 Å². The number of rotatable bonds is 7. The van der Waals surface area contributed by atoms with Crippen LogP contribution in [0.2, 0.25) is 0 Å². The molecule has 0 unspecified atom stereocenters. The van der Waals surface area contributed by atoms with Crippen LogP contribution in [0, 0.1) is 0 Å². The number of carbonyl (C=O) groups excluding carboxylic acids is 1. The Morgan fingerprint density at radius 2 is 2.15 bits per heavy atom. The van der Waals surface area contributed by atoms with Gasteiger partial charge in [-0.15, -0.1) is 11.8 Å². The van der Waals surface area contributed by atoms with Crippen LogP contribution in [0.5, 0.6) is 0 Å². The zero-order valence-electron chi connectivity index (χ0n) is 14.6. The summed E-state index contributed by atoms with van der Waals surface area (Å²) in [5.41, 5.74) is 1.08. The molecule has 4 rings (SSSR count). The summed E-state index contributed by atoms with van der Waals surface area (Å²) in [7, 11) is 0. The first-order valence-corrected chi connectivity index (χ1v) is 9.78. The molecule has 1 atom stereocenters. The molecule has 0 aliphatic carbocycles. The van der Waals surface area contributed by atoms with Gasteiger partial charge in [-0.2, -0.15) is 0 Å². The van der Waals surface area contributed by atoms with Crippen molar-refractivity contribution in [2.75, 3.05) is 12.4 Å². The zero-order chi connectivity index (χ0) is 18.5. The maximum atomic E-state index is 12.5. The third-order valence-electron chi connectivity index (χ3n) is 4.23. The molecule has 0 amide bonds. The summed E-state index contributed by atoms with van der Waals surface area (Å²) in [5, 5.41) is 3.91. The van der Waals surface area contributed by atoms with Crippen LogP contribution in [0.1, 0.15) is 28.9 Å². The van der Waals surface area contributed by atoms with Gasteiger partial charge in [0.15, 0.2) is 5.76 Å². The Bertz CT molecular complexity index is 883. The van der Waals surface area contributed by atoms with Crippen molar-refractivity contribution in [1.82, 2.24) is 5.16 Å². The van der Waals surface area contributed by atoms with E-state index in [2.05, 4.69) is 5.16 Å². The molecule has 140 valence electrons. The van der Waals surface area contributed by atoms with Gasteiger partial charge in [0.2, 0.25) is 5.76 Å².